The second kappa shape index (κ2) is 5.93. The summed E-state index contributed by atoms with van der Waals surface area (Å²) in [6.45, 7) is 6.93. The first-order valence-electron chi connectivity index (χ1n) is 7.03. The summed E-state index contributed by atoms with van der Waals surface area (Å²) < 4.78 is 28.3. The Hall–Kier alpha value is -1.75. The Bertz CT molecular complexity index is 722. The van der Waals surface area contributed by atoms with Gasteiger partial charge in [-0.3, -0.25) is 4.79 Å². The van der Waals surface area contributed by atoms with Crippen molar-refractivity contribution in [2.75, 3.05) is 6.54 Å². The Labute approximate surface area is 122 Å². The highest BCUT2D eigenvalue weighted by molar-refractivity contribution is 5.85. The molecule has 0 aliphatic heterocycles. The van der Waals surface area contributed by atoms with E-state index in [-0.39, 0.29) is 17.0 Å². The van der Waals surface area contributed by atoms with Crippen molar-refractivity contribution in [3.63, 3.8) is 0 Å². The van der Waals surface area contributed by atoms with Crippen LogP contribution >= 0.6 is 0 Å². The number of hydrogen-bond donors (Lipinski definition) is 1. The topological polar surface area (TPSA) is 34.0 Å². The summed E-state index contributed by atoms with van der Waals surface area (Å²) in [5.74, 6) is -1.46. The van der Waals surface area contributed by atoms with Crippen LogP contribution in [0.5, 0.6) is 0 Å². The minimum absolute atomic E-state index is 0.0634. The van der Waals surface area contributed by atoms with Gasteiger partial charge in [0.15, 0.2) is 11.6 Å². The lowest BCUT2D eigenvalue weighted by Gasteiger charge is -2.19. The second-order valence-electron chi connectivity index (χ2n) is 5.84. The van der Waals surface area contributed by atoms with E-state index in [9.17, 15) is 13.6 Å². The molecule has 1 aromatic heterocycles. The highest BCUT2D eigenvalue weighted by Crippen LogP contribution is 2.24. The average Bonchev–Trinajstić information content (AvgIpc) is 2.42. The second-order valence-corrected chi connectivity index (χ2v) is 5.84. The fourth-order valence-electron chi connectivity index (χ4n) is 2.36. The Balaban J connectivity index is 2.60. The molecular weight excluding hydrogens is 274 g/mol. The Morgan fingerprint density at radius 1 is 1.14 bits per heavy atom. The summed E-state index contributed by atoms with van der Waals surface area (Å²) in [6.07, 6.45) is 1.68. The highest BCUT2D eigenvalue weighted by atomic mass is 19.2. The minimum atomic E-state index is -1.00. The van der Waals surface area contributed by atoms with Crippen LogP contribution in [0.15, 0.2) is 23.1 Å². The van der Waals surface area contributed by atoms with Gasteiger partial charge in [0.05, 0.1) is 5.39 Å². The Morgan fingerprint density at radius 3 is 2.29 bits per heavy atom. The summed E-state index contributed by atoms with van der Waals surface area (Å²) >= 11 is 0. The third kappa shape index (κ3) is 3.13. The number of fused-ring (bicyclic) bond motifs is 1. The predicted molar refractivity (Wildman–Crippen MR) is 80.4 cm³/mol. The lowest BCUT2D eigenvalue weighted by molar-refractivity contribution is 0.495. The van der Waals surface area contributed by atoms with E-state index in [1.807, 2.05) is 6.92 Å². The summed E-state index contributed by atoms with van der Waals surface area (Å²) in [4.78, 5) is 12.1. The van der Waals surface area contributed by atoms with Gasteiger partial charge in [-0.1, -0.05) is 13.8 Å². The average molecular weight is 294 g/mol. The van der Waals surface area contributed by atoms with Crippen LogP contribution in [0.25, 0.3) is 10.8 Å². The molecule has 0 amide bonds. The van der Waals surface area contributed by atoms with Crippen LogP contribution in [0.2, 0.25) is 0 Å². The molecule has 0 radical (unpaired) electrons. The highest BCUT2D eigenvalue weighted by Gasteiger charge is 2.16. The number of nitrogens with zero attached hydrogens (tertiary/aromatic N) is 1. The maximum Gasteiger partial charge on any atom is 0.258 e. The number of halogens is 2. The first-order chi connectivity index (χ1) is 9.81. The van der Waals surface area contributed by atoms with Crippen molar-refractivity contribution >= 4 is 10.8 Å². The van der Waals surface area contributed by atoms with Crippen LogP contribution in [0.1, 0.15) is 32.4 Å². The largest absolute Gasteiger partial charge is 0.318 e. The van der Waals surface area contributed by atoms with E-state index in [1.165, 1.54) is 4.57 Å². The molecule has 5 heteroatoms. The van der Waals surface area contributed by atoms with Crippen LogP contribution in [-0.2, 0) is 7.05 Å². The van der Waals surface area contributed by atoms with Gasteiger partial charge in [0, 0.05) is 19.3 Å². The zero-order valence-electron chi connectivity index (χ0n) is 12.7. The van der Waals surface area contributed by atoms with Crippen molar-refractivity contribution in [3.8, 4) is 0 Å². The van der Waals surface area contributed by atoms with Gasteiger partial charge in [-0.05, 0) is 42.5 Å². The monoisotopic (exact) mass is 294 g/mol. The molecule has 0 aliphatic rings. The first-order valence-corrected chi connectivity index (χ1v) is 7.03. The summed E-state index contributed by atoms with van der Waals surface area (Å²) in [5.41, 5.74) is 0.454. The molecule has 1 aromatic carbocycles. The third-order valence-corrected chi connectivity index (χ3v) is 3.55. The number of nitrogens with one attached hydrogen (secondary N) is 1. The number of rotatable bonds is 4. The van der Waals surface area contributed by atoms with Gasteiger partial charge in [0.1, 0.15) is 0 Å². The van der Waals surface area contributed by atoms with Gasteiger partial charge in [0.25, 0.3) is 5.56 Å². The lowest BCUT2D eigenvalue weighted by atomic mass is 10.0. The van der Waals surface area contributed by atoms with E-state index in [2.05, 4.69) is 19.2 Å². The molecule has 114 valence electrons. The number of aromatic nitrogens is 1. The van der Waals surface area contributed by atoms with E-state index in [0.29, 0.717) is 11.3 Å². The molecule has 0 saturated heterocycles. The quantitative estimate of drug-likeness (QED) is 0.940. The molecule has 0 saturated carbocycles. The molecule has 0 bridgehead atoms. The van der Waals surface area contributed by atoms with Gasteiger partial charge in [-0.2, -0.15) is 0 Å². The number of benzene rings is 1. The van der Waals surface area contributed by atoms with Crippen LogP contribution in [0.4, 0.5) is 8.78 Å². The van der Waals surface area contributed by atoms with E-state index in [4.69, 9.17) is 0 Å². The van der Waals surface area contributed by atoms with E-state index >= 15 is 0 Å². The first kappa shape index (κ1) is 15.6. The maximum absolute atomic E-state index is 13.5. The molecular formula is C16H20F2N2O. The van der Waals surface area contributed by atoms with Crippen LogP contribution < -0.4 is 10.9 Å². The standard InChI is InChI=1S/C16H20F2N2O/c1-9(2)7-19-10(3)13-8-20(4)16(21)12-6-15(18)14(17)5-11(12)13/h5-6,8-10,19H,7H2,1-4H3. The molecule has 0 spiro atoms. The van der Waals surface area contributed by atoms with Crippen LogP contribution in [0, 0.1) is 17.6 Å². The number of hydrogen-bond acceptors (Lipinski definition) is 2. The molecule has 2 aromatic rings. The van der Waals surface area contributed by atoms with Gasteiger partial charge in [0.2, 0.25) is 0 Å². The van der Waals surface area contributed by atoms with Gasteiger partial charge < -0.3 is 9.88 Å². The normalized spacial score (nSPS) is 13.1. The lowest BCUT2D eigenvalue weighted by Crippen LogP contribution is -2.26. The van der Waals surface area contributed by atoms with Crippen LogP contribution in [0.3, 0.4) is 0 Å². The molecule has 1 atom stereocenters. The smallest absolute Gasteiger partial charge is 0.258 e. The zero-order chi connectivity index (χ0) is 15.7. The fourth-order valence-corrected chi connectivity index (χ4v) is 2.36. The zero-order valence-corrected chi connectivity index (χ0v) is 12.7. The molecule has 0 fully saturated rings. The number of aryl methyl sites for hydroxylation is 1. The van der Waals surface area contributed by atoms with Crippen molar-refractivity contribution in [1.29, 1.82) is 0 Å². The Kier molecular flexibility index (Phi) is 4.42. The maximum atomic E-state index is 13.5. The molecule has 1 unspecified atom stereocenters. The SMILES string of the molecule is CC(C)CNC(C)c1cn(C)c(=O)c2cc(F)c(F)cc12. The predicted octanol–water partition coefficient (Wildman–Crippen LogP) is 3.12. The van der Waals surface area contributed by atoms with E-state index in [1.54, 1.807) is 13.2 Å². The van der Waals surface area contributed by atoms with Crippen molar-refractivity contribution in [3.05, 3.63) is 45.9 Å². The number of pyridine rings is 1. The molecule has 0 aliphatic carbocycles. The molecule has 2 rings (SSSR count). The van der Waals surface area contributed by atoms with E-state index in [0.717, 1.165) is 24.2 Å². The van der Waals surface area contributed by atoms with Gasteiger partial charge >= 0.3 is 0 Å². The van der Waals surface area contributed by atoms with E-state index < -0.39 is 11.6 Å². The van der Waals surface area contributed by atoms with Gasteiger partial charge in [-0.15, -0.1) is 0 Å². The molecule has 1 heterocycles. The molecule has 1 N–H and O–H groups in total. The van der Waals surface area contributed by atoms with Gasteiger partial charge in [-0.25, -0.2) is 8.78 Å². The van der Waals surface area contributed by atoms with Crippen LogP contribution in [-0.4, -0.2) is 11.1 Å². The molecule has 21 heavy (non-hydrogen) atoms. The molecule has 3 nitrogen and oxygen atoms in total. The van der Waals surface area contributed by atoms with Crippen molar-refractivity contribution in [1.82, 2.24) is 9.88 Å². The Morgan fingerprint density at radius 2 is 1.71 bits per heavy atom. The third-order valence-electron chi connectivity index (χ3n) is 3.55. The summed E-state index contributed by atoms with van der Waals surface area (Å²) in [5, 5.41) is 4.00. The fraction of sp³-hybridized carbons (Fsp3) is 0.438. The van der Waals surface area contributed by atoms with Crippen molar-refractivity contribution < 1.29 is 8.78 Å². The summed E-state index contributed by atoms with van der Waals surface area (Å²) in [6, 6.07) is 2.02. The van der Waals surface area contributed by atoms with Crippen molar-refractivity contribution in [2.45, 2.75) is 26.8 Å². The summed E-state index contributed by atoms with van der Waals surface area (Å²) in [7, 11) is 1.61. The van der Waals surface area contributed by atoms with Crippen molar-refractivity contribution in [2.24, 2.45) is 13.0 Å². The minimum Gasteiger partial charge on any atom is -0.318 e.